The SMILES string of the molecule is CCOc1ccc[c]([Sn]([c]2cccc(OC)c2)([c]2cccc(OC)c2)[c]2cccc(OC)c2)c1. The first kappa shape index (κ1) is 24.0. The third-order valence-electron chi connectivity index (χ3n) is 6.09. The summed E-state index contributed by atoms with van der Waals surface area (Å²) in [6.45, 7) is 2.62. The monoisotopic (exact) mass is 562 g/mol. The number of ether oxygens (including phenoxy) is 4. The molecule has 0 aromatic heterocycles. The molecule has 4 aromatic rings. The van der Waals surface area contributed by atoms with Gasteiger partial charge in [0.2, 0.25) is 0 Å². The molecule has 0 saturated heterocycles. The molecule has 0 spiro atoms. The van der Waals surface area contributed by atoms with Crippen molar-refractivity contribution in [2.75, 3.05) is 27.9 Å². The molecule has 4 rings (SSSR count). The van der Waals surface area contributed by atoms with Gasteiger partial charge in [-0.15, -0.1) is 0 Å². The topological polar surface area (TPSA) is 36.9 Å². The van der Waals surface area contributed by atoms with Crippen LogP contribution in [0, 0.1) is 0 Å². The summed E-state index contributed by atoms with van der Waals surface area (Å²) < 4.78 is 28.0. The minimum atomic E-state index is -3.92. The summed E-state index contributed by atoms with van der Waals surface area (Å²) in [5.74, 6) is 3.38. The Morgan fingerprint density at radius 3 is 1.15 bits per heavy atom. The standard InChI is InChI=1S/C8H9O.3C7H7O.Sn/c1-2-9-8-6-4-3-5-7-8;3*1-8-7-5-3-2-4-6-7;/h3-4,6-7H,2H2,1H3;3*2-3,5-6H,1H3;. The average molecular weight is 561 g/mol. The first-order valence-electron chi connectivity index (χ1n) is 11.3. The normalized spacial score (nSPS) is 11.1. The van der Waals surface area contributed by atoms with Crippen molar-refractivity contribution in [2.24, 2.45) is 0 Å². The molecule has 0 atom stereocenters. The Hall–Kier alpha value is -3.12. The fraction of sp³-hybridized carbons (Fsp3) is 0.172. The average Bonchev–Trinajstić information content (AvgIpc) is 2.90. The van der Waals surface area contributed by atoms with E-state index in [0.29, 0.717) is 6.61 Å². The summed E-state index contributed by atoms with van der Waals surface area (Å²) in [5.41, 5.74) is 0. The van der Waals surface area contributed by atoms with Crippen LogP contribution in [0.5, 0.6) is 23.0 Å². The van der Waals surface area contributed by atoms with Crippen LogP contribution >= 0.6 is 0 Å². The molecule has 0 aliphatic carbocycles. The fourth-order valence-electron chi connectivity index (χ4n) is 4.55. The van der Waals surface area contributed by atoms with Gasteiger partial charge in [-0.3, -0.25) is 0 Å². The third-order valence-corrected chi connectivity index (χ3v) is 19.5. The second-order valence-electron chi connectivity index (χ2n) is 7.91. The first-order valence-corrected chi connectivity index (χ1v) is 17.0. The van der Waals surface area contributed by atoms with E-state index in [1.165, 1.54) is 14.3 Å². The van der Waals surface area contributed by atoms with Gasteiger partial charge in [-0.05, 0) is 0 Å². The van der Waals surface area contributed by atoms with Crippen LogP contribution in [0.3, 0.4) is 0 Å². The Morgan fingerprint density at radius 2 is 0.824 bits per heavy atom. The quantitative estimate of drug-likeness (QED) is 0.294. The van der Waals surface area contributed by atoms with Crippen molar-refractivity contribution in [1.29, 1.82) is 0 Å². The molecule has 0 radical (unpaired) electrons. The van der Waals surface area contributed by atoms with Gasteiger partial charge >= 0.3 is 207 Å². The summed E-state index contributed by atoms with van der Waals surface area (Å²) >= 11 is -3.92. The van der Waals surface area contributed by atoms with Gasteiger partial charge in [0, 0.05) is 0 Å². The maximum absolute atomic E-state index is 5.94. The maximum atomic E-state index is 5.94. The number of methoxy groups -OCH3 is 3. The van der Waals surface area contributed by atoms with Crippen LogP contribution in [0.15, 0.2) is 97.1 Å². The van der Waals surface area contributed by atoms with Crippen molar-refractivity contribution in [3.8, 4) is 23.0 Å². The van der Waals surface area contributed by atoms with Crippen molar-refractivity contribution < 1.29 is 18.9 Å². The number of rotatable bonds is 9. The van der Waals surface area contributed by atoms with Crippen molar-refractivity contribution in [3.05, 3.63) is 97.1 Å². The Labute approximate surface area is 205 Å². The zero-order valence-corrected chi connectivity index (χ0v) is 22.9. The van der Waals surface area contributed by atoms with Gasteiger partial charge in [0.05, 0.1) is 0 Å². The van der Waals surface area contributed by atoms with Gasteiger partial charge in [-0.25, -0.2) is 0 Å². The van der Waals surface area contributed by atoms with E-state index in [0.717, 1.165) is 23.0 Å². The van der Waals surface area contributed by atoms with Gasteiger partial charge in [0.25, 0.3) is 0 Å². The minimum absolute atomic E-state index is 0.615. The second kappa shape index (κ2) is 10.9. The van der Waals surface area contributed by atoms with Crippen LogP contribution in [0.25, 0.3) is 0 Å². The third kappa shape index (κ3) is 4.60. The molecular weight excluding hydrogens is 531 g/mol. The molecule has 0 aliphatic rings. The molecule has 34 heavy (non-hydrogen) atoms. The molecular formula is C29H30O4Sn. The van der Waals surface area contributed by atoms with Gasteiger partial charge in [-0.2, -0.15) is 0 Å². The molecule has 4 aromatic carbocycles. The van der Waals surface area contributed by atoms with E-state index in [-0.39, 0.29) is 0 Å². The van der Waals surface area contributed by atoms with E-state index >= 15 is 0 Å². The number of benzene rings is 4. The van der Waals surface area contributed by atoms with E-state index < -0.39 is 18.4 Å². The van der Waals surface area contributed by atoms with Gasteiger partial charge in [-0.1, -0.05) is 0 Å². The van der Waals surface area contributed by atoms with Crippen LogP contribution in [0.2, 0.25) is 0 Å². The molecule has 0 fully saturated rings. The Balaban J connectivity index is 2.15. The molecule has 0 bridgehead atoms. The Bertz CT molecular complexity index is 1140. The predicted molar refractivity (Wildman–Crippen MR) is 141 cm³/mol. The fourth-order valence-corrected chi connectivity index (χ4v) is 18.3. The first-order chi connectivity index (χ1) is 16.6. The van der Waals surface area contributed by atoms with E-state index in [1.807, 2.05) is 31.2 Å². The van der Waals surface area contributed by atoms with Crippen molar-refractivity contribution in [1.82, 2.24) is 0 Å². The van der Waals surface area contributed by atoms with Gasteiger partial charge in [0.1, 0.15) is 0 Å². The van der Waals surface area contributed by atoms with Crippen molar-refractivity contribution >= 4 is 32.7 Å². The summed E-state index contributed by atoms with van der Waals surface area (Å²) in [4.78, 5) is 0. The number of hydrogen-bond donors (Lipinski definition) is 0. The second-order valence-corrected chi connectivity index (χ2v) is 18.8. The van der Waals surface area contributed by atoms with Crippen LogP contribution in [0.4, 0.5) is 0 Å². The molecule has 5 heteroatoms. The molecule has 0 unspecified atom stereocenters. The van der Waals surface area contributed by atoms with E-state index in [1.54, 1.807) is 21.3 Å². The van der Waals surface area contributed by atoms with Crippen LogP contribution in [-0.4, -0.2) is 46.3 Å². The van der Waals surface area contributed by atoms with Crippen LogP contribution < -0.4 is 33.3 Å². The Kier molecular flexibility index (Phi) is 7.68. The van der Waals surface area contributed by atoms with E-state index in [4.69, 9.17) is 18.9 Å². The number of hydrogen-bond acceptors (Lipinski definition) is 4. The molecule has 4 nitrogen and oxygen atoms in total. The molecule has 0 amide bonds. The van der Waals surface area contributed by atoms with Crippen LogP contribution in [-0.2, 0) is 0 Å². The van der Waals surface area contributed by atoms with Crippen molar-refractivity contribution in [3.63, 3.8) is 0 Å². The zero-order valence-electron chi connectivity index (χ0n) is 20.1. The van der Waals surface area contributed by atoms with Crippen LogP contribution in [0.1, 0.15) is 6.92 Å². The Morgan fingerprint density at radius 1 is 0.500 bits per heavy atom. The van der Waals surface area contributed by atoms with Gasteiger partial charge < -0.3 is 0 Å². The molecule has 0 aliphatic heterocycles. The van der Waals surface area contributed by atoms with Gasteiger partial charge in [0.15, 0.2) is 0 Å². The predicted octanol–water partition coefficient (Wildman–Crippen LogP) is 3.49. The molecule has 0 N–H and O–H groups in total. The zero-order chi connectivity index (χ0) is 24.0. The summed E-state index contributed by atoms with van der Waals surface area (Å²) in [5, 5.41) is 0. The summed E-state index contributed by atoms with van der Waals surface area (Å²) in [7, 11) is 5.13. The molecule has 0 saturated carbocycles. The van der Waals surface area contributed by atoms with E-state index in [9.17, 15) is 0 Å². The molecule has 0 heterocycles. The van der Waals surface area contributed by atoms with Crippen molar-refractivity contribution in [2.45, 2.75) is 6.92 Å². The van der Waals surface area contributed by atoms with E-state index in [2.05, 4.69) is 72.8 Å². The summed E-state index contributed by atoms with van der Waals surface area (Å²) in [6, 6.07) is 34.0. The summed E-state index contributed by atoms with van der Waals surface area (Å²) in [6.07, 6.45) is 0. The molecule has 174 valence electrons.